The Labute approximate surface area is 133 Å². The largest absolute Gasteiger partial charge is 0.353 e. The zero-order chi connectivity index (χ0) is 15.0. The molecule has 4 nitrogen and oxygen atoms in total. The summed E-state index contributed by atoms with van der Waals surface area (Å²) in [6, 6.07) is 2.25. The molecule has 1 aliphatic heterocycles. The van der Waals surface area contributed by atoms with Crippen LogP contribution in [0.15, 0.2) is 12.3 Å². The number of aromatic nitrogens is 2. The second kappa shape index (κ2) is 5.64. The summed E-state index contributed by atoms with van der Waals surface area (Å²) >= 11 is 0. The molecule has 1 atom stereocenters. The third-order valence-corrected chi connectivity index (χ3v) is 6.20. The van der Waals surface area contributed by atoms with Gasteiger partial charge in [-0.25, -0.2) is 0 Å². The Bertz CT molecular complexity index is 511. The molecule has 1 aromatic rings. The number of hydrogen-bond acceptors (Lipinski definition) is 3. The minimum Gasteiger partial charge on any atom is -0.353 e. The van der Waals surface area contributed by atoms with E-state index >= 15 is 0 Å². The monoisotopic (exact) mass is 304 g/mol. The minimum absolute atomic E-state index is 0.0537. The van der Waals surface area contributed by atoms with E-state index in [4.69, 9.17) is 14.6 Å². The van der Waals surface area contributed by atoms with Crippen molar-refractivity contribution in [1.82, 2.24) is 9.78 Å². The van der Waals surface area contributed by atoms with E-state index in [1.54, 1.807) is 0 Å². The molecule has 0 N–H and O–H groups in total. The summed E-state index contributed by atoms with van der Waals surface area (Å²) in [5.74, 6) is 0. The Hall–Kier alpha value is -0.870. The lowest BCUT2D eigenvalue weighted by molar-refractivity contribution is -0.178. The molecule has 1 aromatic heterocycles. The van der Waals surface area contributed by atoms with Crippen molar-refractivity contribution in [3.05, 3.63) is 18.0 Å². The van der Waals surface area contributed by atoms with Crippen LogP contribution in [-0.4, -0.2) is 29.3 Å². The minimum atomic E-state index is 0.0537. The second-order valence-corrected chi connectivity index (χ2v) is 7.62. The number of hydrogen-bond donors (Lipinski definition) is 0. The van der Waals surface area contributed by atoms with Gasteiger partial charge < -0.3 is 9.47 Å². The van der Waals surface area contributed by atoms with Crippen molar-refractivity contribution in [3.8, 4) is 0 Å². The number of nitrogens with zero attached hydrogens (tertiary/aromatic N) is 2. The smallest absolute Gasteiger partial charge is 0.157 e. The molecule has 0 aromatic carbocycles. The van der Waals surface area contributed by atoms with Gasteiger partial charge in [-0.2, -0.15) is 5.10 Å². The lowest BCUT2D eigenvalue weighted by atomic mass is 9.80. The van der Waals surface area contributed by atoms with Gasteiger partial charge in [-0.15, -0.1) is 0 Å². The Kier molecular flexibility index (Phi) is 3.77. The van der Waals surface area contributed by atoms with Crippen molar-refractivity contribution < 1.29 is 9.47 Å². The van der Waals surface area contributed by atoms with Crippen molar-refractivity contribution >= 4 is 0 Å². The molecule has 1 saturated heterocycles. The van der Waals surface area contributed by atoms with Gasteiger partial charge in [0.05, 0.1) is 12.3 Å². The van der Waals surface area contributed by atoms with Gasteiger partial charge in [0.2, 0.25) is 0 Å². The van der Waals surface area contributed by atoms with Crippen LogP contribution >= 0.6 is 0 Å². The van der Waals surface area contributed by atoms with Crippen molar-refractivity contribution in [2.75, 3.05) is 13.2 Å². The predicted molar refractivity (Wildman–Crippen MR) is 84.6 cm³/mol. The molecule has 3 aliphatic rings. The van der Waals surface area contributed by atoms with E-state index in [0.29, 0.717) is 10.8 Å². The van der Waals surface area contributed by atoms with Gasteiger partial charge in [-0.1, -0.05) is 0 Å². The summed E-state index contributed by atoms with van der Waals surface area (Å²) in [5, 5.41) is 4.81. The van der Waals surface area contributed by atoms with Crippen molar-refractivity contribution in [1.29, 1.82) is 0 Å². The fourth-order valence-corrected chi connectivity index (χ4v) is 4.81. The lowest BCUT2D eigenvalue weighted by Crippen LogP contribution is -2.29. The highest BCUT2D eigenvalue weighted by atomic mass is 16.7. The van der Waals surface area contributed by atoms with Gasteiger partial charge in [0.25, 0.3) is 0 Å². The van der Waals surface area contributed by atoms with Crippen LogP contribution in [0.4, 0.5) is 0 Å². The second-order valence-electron chi connectivity index (χ2n) is 7.62. The summed E-state index contributed by atoms with van der Waals surface area (Å²) < 4.78 is 13.9. The van der Waals surface area contributed by atoms with Gasteiger partial charge in [0.15, 0.2) is 6.29 Å². The first-order valence-electron chi connectivity index (χ1n) is 9.01. The molecule has 0 amide bonds. The maximum atomic E-state index is 6.15. The number of ether oxygens (including phenoxy) is 2. The highest BCUT2D eigenvalue weighted by Gasteiger charge is 2.56. The van der Waals surface area contributed by atoms with Crippen LogP contribution in [0.2, 0.25) is 0 Å². The Morgan fingerprint density at radius 2 is 2.18 bits per heavy atom. The Morgan fingerprint density at radius 3 is 2.86 bits per heavy atom. The maximum absolute atomic E-state index is 6.15. The number of rotatable bonds is 5. The number of fused-ring (bicyclic) bond motifs is 2. The fraction of sp³-hybridized carbons (Fsp3) is 0.833. The molecule has 2 saturated carbocycles. The van der Waals surface area contributed by atoms with Crippen LogP contribution in [0.1, 0.15) is 64.0 Å². The van der Waals surface area contributed by atoms with Crippen LogP contribution in [0.5, 0.6) is 0 Å². The van der Waals surface area contributed by atoms with E-state index in [2.05, 4.69) is 23.9 Å². The summed E-state index contributed by atoms with van der Waals surface area (Å²) in [7, 11) is 0. The Balaban J connectivity index is 1.41. The summed E-state index contributed by atoms with van der Waals surface area (Å²) in [6.45, 7) is 4.87. The van der Waals surface area contributed by atoms with E-state index in [-0.39, 0.29) is 6.29 Å². The molecule has 2 heterocycles. The Morgan fingerprint density at radius 1 is 1.32 bits per heavy atom. The van der Waals surface area contributed by atoms with Gasteiger partial charge in [-0.3, -0.25) is 4.68 Å². The van der Waals surface area contributed by atoms with E-state index in [0.717, 1.165) is 26.2 Å². The third-order valence-electron chi connectivity index (χ3n) is 6.20. The third kappa shape index (κ3) is 2.50. The van der Waals surface area contributed by atoms with Gasteiger partial charge >= 0.3 is 0 Å². The van der Waals surface area contributed by atoms with Crippen LogP contribution in [-0.2, 0) is 21.4 Å². The standard InChI is InChI=1S/C18H28N2O2/c1-2-20-11-6-15(19-20)18-9-7-17(13-18,8-10-18)14-22-16-5-3-4-12-21-16/h6,11,16H,2-5,7-10,12-14H2,1H3. The van der Waals surface area contributed by atoms with E-state index < -0.39 is 0 Å². The SMILES string of the molecule is CCn1ccc(C23CCC(COC4CCCCO4)(CC2)C3)n1. The molecule has 2 bridgehead atoms. The van der Waals surface area contributed by atoms with E-state index in [1.807, 2.05) is 0 Å². The van der Waals surface area contributed by atoms with Crippen LogP contribution in [0.3, 0.4) is 0 Å². The molecule has 0 radical (unpaired) electrons. The normalized spacial score (nSPS) is 37.8. The predicted octanol–water partition coefficient (Wildman–Crippen LogP) is 3.65. The first-order valence-corrected chi connectivity index (χ1v) is 9.01. The van der Waals surface area contributed by atoms with E-state index in [9.17, 15) is 0 Å². The first kappa shape index (κ1) is 14.7. The van der Waals surface area contributed by atoms with Crippen molar-refractivity contribution in [2.45, 2.75) is 76.5 Å². The quantitative estimate of drug-likeness (QED) is 0.833. The maximum Gasteiger partial charge on any atom is 0.157 e. The van der Waals surface area contributed by atoms with Crippen LogP contribution in [0, 0.1) is 5.41 Å². The fourth-order valence-electron chi connectivity index (χ4n) is 4.81. The summed E-state index contributed by atoms with van der Waals surface area (Å²) in [4.78, 5) is 0. The topological polar surface area (TPSA) is 36.3 Å². The lowest BCUT2D eigenvalue weighted by Gasteiger charge is -2.30. The molecule has 1 unspecified atom stereocenters. The average Bonchev–Trinajstić information content (AvgIpc) is 3.28. The molecule has 0 spiro atoms. The molecule has 4 rings (SSSR count). The summed E-state index contributed by atoms with van der Waals surface area (Å²) in [6.07, 6.45) is 12.1. The zero-order valence-electron chi connectivity index (χ0n) is 13.7. The van der Waals surface area contributed by atoms with Gasteiger partial charge in [0.1, 0.15) is 0 Å². The molecule has 3 fully saturated rings. The number of aryl methyl sites for hydroxylation is 1. The first-order chi connectivity index (χ1) is 10.7. The highest BCUT2D eigenvalue weighted by Crippen LogP contribution is 2.62. The van der Waals surface area contributed by atoms with Gasteiger partial charge in [-0.05, 0) is 69.8 Å². The molecular formula is C18H28N2O2. The zero-order valence-corrected chi connectivity index (χ0v) is 13.7. The molecule has 4 heteroatoms. The molecular weight excluding hydrogens is 276 g/mol. The molecule has 2 aliphatic carbocycles. The van der Waals surface area contributed by atoms with Crippen molar-refractivity contribution in [3.63, 3.8) is 0 Å². The highest BCUT2D eigenvalue weighted by molar-refractivity contribution is 5.24. The molecule has 122 valence electrons. The average molecular weight is 304 g/mol. The summed E-state index contributed by atoms with van der Waals surface area (Å²) in [5.41, 5.74) is 2.04. The van der Waals surface area contributed by atoms with Gasteiger partial charge in [0, 0.05) is 24.8 Å². The van der Waals surface area contributed by atoms with Crippen LogP contribution < -0.4 is 0 Å². The van der Waals surface area contributed by atoms with Crippen LogP contribution in [0.25, 0.3) is 0 Å². The van der Waals surface area contributed by atoms with E-state index in [1.165, 1.54) is 50.6 Å². The van der Waals surface area contributed by atoms with Crippen molar-refractivity contribution in [2.24, 2.45) is 5.41 Å². The molecule has 22 heavy (non-hydrogen) atoms.